The molecule has 0 amide bonds. The third-order valence-corrected chi connectivity index (χ3v) is 4.83. The van der Waals surface area contributed by atoms with Crippen molar-refractivity contribution in [1.82, 2.24) is 24.8 Å². The minimum Gasteiger partial charge on any atom is -0.464 e. The van der Waals surface area contributed by atoms with Gasteiger partial charge in [0, 0.05) is 39.3 Å². The maximum Gasteiger partial charge on any atom is 0.361 e. The number of nitrogens with zero attached hydrogens (tertiary/aromatic N) is 5. The number of piperazine rings is 1. The Morgan fingerprint density at radius 3 is 2.17 bits per heavy atom. The number of esters is 2. The van der Waals surface area contributed by atoms with Gasteiger partial charge in [-0.15, -0.1) is 17.5 Å². The van der Waals surface area contributed by atoms with E-state index in [-0.39, 0.29) is 23.8 Å². The lowest BCUT2D eigenvalue weighted by atomic mass is 10.2. The zero-order chi connectivity index (χ0) is 19.9. The minimum atomic E-state index is -0.707. The first kappa shape index (κ1) is 22.8. The summed E-state index contributed by atoms with van der Waals surface area (Å²) in [4.78, 5) is 28.6. The molecule has 0 unspecified atom stereocenters. The van der Waals surface area contributed by atoms with E-state index in [1.165, 1.54) is 24.5 Å². The van der Waals surface area contributed by atoms with Crippen molar-refractivity contribution in [2.45, 2.75) is 13.1 Å². The fourth-order valence-corrected chi connectivity index (χ4v) is 3.25. The molecule has 1 saturated heterocycles. The van der Waals surface area contributed by atoms with Gasteiger partial charge in [-0.25, -0.2) is 14.3 Å². The Hall–Kier alpha value is -2.49. The lowest BCUT2D eigenvalue weighted by Gasteiger charge is -2.34. The summed E-state index contributed by atoms with van der Waals surface area (Å²) in [6, 6.07) is 10.4. The molecule has 0 N–H and O–H groups in total. The van der Waals surface area contributed by atoms with E-state index in [1.807, 2.05) is 6.07 Å². The highest BCUT2D eigenvalue weighted by atomic mass is 35.5. The quantitative estimate of drug-likeness (QED) is 0.611. The summed E-state index contributed by atoms with van der Waals surface area (Å²) in [5.41, 5.74) is 1.22. The van der Waals surface area contributed by atoms with Gasteiger partial charge in [0.25, 0.3) is 0 Å². The molecule has 0 spiro atoms. The molecule has 0 bridgehead atoms. The van der Waals surface area contributed by atoms with Crippen LogP contribution in [0.3, 0.4) is 0 Å². The van der Waals surface area contributed by atoms with Gasteiger partial charge in [0.2, 0.25) is 5.69 Å². The molecule has 158 valence electrons. The fourth-order valence-electron chi connectivity index (χ4n) is 3.25. The molecule has 0 atom stereocenters. The van der Waals surface area contributed by atoms with Crippen LogP contribution >= 0.6 is 12.4 Å². The topological polar surface area (TPSA) is 89.8 Å². The van der Waals surface area contributed by atoms with E-state index in [9.17, 15) is 9.59 Å². The van der Waals surface area contributed by atoms with Crippen molar-refractivity contribution in [3.63, 3.8) is 0 Å². The van der Waals surface area contributed by atoms with Gasteiger partial charge >= 0.3 is 11.9 Å². The van der Waals surface area contributed by atoms with Crippen LogP contribution in [0.25, 0.3) is 0 Å². The van der Waals surface area contributed by atoms with E-state index in [2.05, 4.69) is 49.1 Å². The van der Waals surface area contributed by atoms with E-state index < -0.39 is 11.9 Å². The average Bonchev–Trinajstić information content (AvgIpc) is 3.17. The molecule has 10 heteroatoms. The Kier molecular flexibility index (Phi) is 8.56. The van der Waals surface area contributed by atoms with Crippen LogP contribution in [0.15, 0.2) is 30.3 Å². The number of hydrogen-bond acceptors (Lipinski definition) is 8. The van der Waals surface area contributed by atoms with Gasteiger partial charge < -0.3 is 9.47 Å². The second-order valence-corrected chi connectivity index (χ2v) is 6.60. The molecular formula is C19H26ClN5O4. The van der Waals surface area contributed by atoms with Crippen molar-refractivity contribution >= 4 is 24.3 Å². The number of rotatable bonds is 7. The minimum absolute atomic E-state index is 0. The monoisotopic (exact) mass is 423 g/mol. The van der Waals surface area contributed by atoms with Crippen LogP contribution in [0.2, 0.25) is 0 Å². The second-order valence-electron chi connectivity index (χ2n) is 6.60. The summed E-state index contributed by atoms with van der Waals surface area (Å²) in [7, 11) is 2.49. The molecule has 1 aromatic carbocycles. The summed E-state index contributed by atoms with van der Waals surface area (Å²) in [5.74, 6) is -1.36. The first-order valence-corrected chi connectivity index (χ1v) is 9.21. The van der Waals surface area contributed by atoms with Crippen molar-refractivity contribution in [2.75, 3.05) is 46.9 Å². The van der Waals surface area contributed by atoms with Crippen LogP contribution in [0, 0.1) is 0 Å². The van der Waals surface area contributed by atoms with Gasteiger partial charge in [-0.05, 0) is 5.56 Å². The number of benzene rings is 1. The number of hydrogen-bond donors (Lipinski definition) is 0. The Morgan fingerprint density at radius 1 is 0.931 bits per heavy atom. The summed E-state index contributed by atoms with van der Waals surface area (Å²) in [6.07, 6.45) is 0. The number of carbonyl (C=O) groups is 2. The highest BCUT2D eigenvalue weighted by molar-refractivity contribution is 6.00. The summed E-state index contributed by atoms with van der Waals surface area (Å²) in [6.45, 7) is 5.90. The molecule has 1 aliphatic rings. The fraction of sp³-hybridized carbons (Fsp3) is 0.474. The Balaban J connectivity index is 0.00000300. The highest BCUT2D eigenvalue weighted by Crippen LogP contribution is 2.11. The molecule has 29 heavy (non-hydrogen) atoms. The van der Waals surface area contributed by atoms with E-state index in [0.29, 0.717) is 13.1 Å². The largest absolute Gasteiger partial charge is 0.464 e. The van der Waals surface area contributed by atoms with Gasteiger partial charge in [0.05, 0.1) is 20.8 Å². The van der Waals surface area contributed by atoms with Gasteiger partial charge in [-0.2, -0.15) is 0 Å². The molecule has 0 saturated carbocycles. The van der Waals surface area contributed by atoms with Crippen molar-refractivity contribution in [2.24, 2.45) is 0 Å². The van der Waals surface area contributed by atoms with Gasteiger partial charge in [-0.1, -0.05) is 35.5 Å². The zero-order valence-corrected chi connectivity index (χ0v) is 17.4. The normalized spacial score (nSPS) is 14.8. The molecular weight excluding hydrogens is 398 g/mol. The molecule has 1 fully saturated rings. The Bertz CT molecular complexity index is 806. The number of ether oxygens (including phenoxy) is 2. The Morgan fingerprint density at radius 2 is 1.55 bits per heavy atom. The number of methoxy groups -OCH3 is 2. The van der Waals surface area contributed by atoms with E-state index >= 15 is 0 Å². The highest BCUT2D eigenvalue weighted by Gasteiger charge is 2.27. The Labute approximate surface area is 176 Å². The number of halogens is 1. The van der Waals surface area contributed by atoms with Crippen molar-refractivity contribution < 1.29 is 19.1 Å². The van der Waals surface area contributed by atoms with Crippen LogP contribution in [-0.4, -0.2) is 83.7 Å². The van der Waals surface area contributed by atoms with E-state index in [0.717, 1.165) is 32.7 Å². The van der Waals surface area contributed by atoms with E-state index in [4.69, 9.17) is 4.74 Å². The molecule has 9 nitrogen and oxygen atoms in total. The predicted molar refractivity (Wildman–Crippen MR) is 108 cm³/mol. The number of aromatic nitrogens is 3. The van der Waals surface area contributed by atoms with E-state index in [1.54, 1.807) is 0 Å². The molecule has 3 rings (SSSR count). The summed E-state index contributed by atoms with van der Waals surface area (Å²) in [5, 5.41) is 7.73. The standard InChI is InChI=1S/C19H25N5O4.ClH/c1-27-18(25)16-17(19(26)28-2)24(21-20-16)13-12-22-8-10-23(11-9-22)14-15-6-4-3-5-7-15;/h3-7H,8-14H2,1-2H3;1H. The average molecular weight is 424 g/mol. The second kappa shape index (κ2) is 10.9. The third-order valence-electron chi connectivity index (χ3n) is 4.83. The molecule has 2 heterocycles. The number of carbonyl (C=O) groups excluding carboxylic acids is 2. The van der Waals surface area contributed by atoms with Gasteiger partial charge in [-0.3, -0.25) is 9.80 Å². The molecule has 1 aromatic heterocycles. The summed E-state index contributed by atoms with van der Waals surface area (Å²) < 4.78 is 10.8. The van der Waals surface area contributed by atoms with Gasteiger partial charge in [0.1, 0.15) is 0 Å². The maximum absolute atomic E-state index is 12.1. The maximum atomic E-state index is 12.1. The third kappa shape index (κ3) is 5.75. The SMILES string of the molecule is COC(=O)c1nnn(CCN2CCN(Cc3ccccc3)CC2)c1C(=O)OC.Cl. The molecule has 1 aliphatic heterocycles. The smallest absolute Gasteiger partial charge is 0.361 e. The first-order chi connectivity index (χ1) is 13.6. The lowest BCUT2D eigenvalue weighted by molar-refractivity contribution is 0.0542. The van der Waals surface area contributed by atoms with Crippen LogP contribution < -0.4 is 0 Å². The zero-order valence-electron chi connectivity index (χ0n) is 16.6. The lowest BCUT2D eigenvalue weighted by Crippen LogP contribution is -2.46. The molecule has 0 aliphatic carbocycles. The van der Waals surface area contributed by atoms with Crippen molar-refractivity contribution in [1.29, 1.82) is 0 Å². The van der Waals surface area contributed by atoms with Crippen LogP contribution in [0.4, 0.5) is 0 Å². The molecule has 0 radical (unpaired) electrons. The van der Waals surface area contributed by atoms with Crippen LogP contribution in [0.5, 0.6) is 0 Å². The predicted octanol–water partition coefficient (Wildman–Crippen LogP) is 1.09. The van der Waals surface area contributed by atoms with Crippen LogP contribution in [-0.2, 0) is 22.6 Å². The first-order valence-electron chi connectivity index (χ1n) is 9.21. The van der Waals surface area contributed by atoms with Crippen molar-refractivity contribution in [3.05, 3.63) is 47.3 Å². The summed E-state index contributed by atoms with van der Waals surface area (Å²) >= 11 is 0. The molecule has 2 aromatic rings. The van der Waals surface area contributed by atoms with Crippen molar-refractivity contribution in [3.8, 4) is 0 Å². The van der Waals surface area contributed by atoms with Crippen LogP contribution in [0.1, 0.15) is 26.5 Å². The van der Waals surface area contributed by atoms with Gasteiger partial charge in [0.15, 0.2) is 5.69 Å².